The molecule has 44 heavy (non-hydrogen) atoms. The summed E-state index contributed by atoms with van der Waals surface area (Å²) >= 11 is 0. The number of carbonyl (C=O) groups excluding carboxylic acids is 1. The fraction of sp³-hybridized carbons (Fsp3) is 0.881. The van der Waals surface area contributed by atoms with Crippen LogP contribution in [-0.2, 0) is 9.53 Å². The number of rotatable bonds is 37. The third kappa shape index (κ3) is 39.0. The molecule has 260 valence electrons. The van der Waals surface area contributed by atoms with Gasteiger partial charge in [0, 0.05) is 6.08 Å². The summed E-state index contributed by atoms with van der Waals surface area (Å²) < 4.78 is 5.38. The monoisotopic (exact) mass is 617 g/mol. The molecule has 0 aromatic rings. The lowest BCUT2D eigenvalue weighted by Gasteiger charge is -2.04. The van der Waals surface area contributed by atoms with Crippen LogP contribution in [0.15, 0.2) is 24.3 Å². The number of allylic oxidation sites excluding steroid dienone is 3. The largest absolute Gasteiger partial charge is 0.463 e. The van der Waals surface area contributed by atoms with Gasteiger partial charge in [0.15, 0.2) is 0 Å². The minimum absolute atomic E-state index is 0.153. The van der Waals surface area contributed by atoms with Crippen molar-refractivity contribution in [3.63, 3.8) is 0 Å². The summed E-state index contributed by atoms with van der Waals surface area (Å²) in [5, 5.41) is 0. The second kappa shape index (κ2) is 40.0. The van der Waals surface area contributed by atoms with Crippen LogP contribution in [0.4, 0.5) is 0 Å². The van der Waals surface area contributed by atoms with Crippen molar-refractivity contribution >= 4 is 5.97 Å². The quantitative estimate of drug-likeness (QED) is 0.0300. The summed E-state index contributed by atoms with van der Waals surface area (Å²) in [6.07, 6.45) is 54.4. The maximum atomic E-state index is 11.9. The zero-order valence-corrected chi connectivity index (χ0v) is 30.4. The molecule has 0 N–H and O–H groups in total. The summed E-state index contributed by atoms with van der Waals surface area (Å²) in [5.74, 6) is -0.153. The van der Waals surface area contributed by atoms with Gasteiger partial charge in [0.2, 0.25) is 0 Å². The average Bonchev–Trinajstić information content (AvgIpc) is 3.03. The van der Waals surface area contributed by atoms with Gasteiger partial charge in [0.25, 0.3) is 0 Å². The third-order valence-electron chi connectivity index (χ3n) is 9.13. The van der Waals surface area contributed by atoms with Gasteiger partial charge in [-0.3, -0.25) is 0 Å². The minimum Gasteiger partial charge on any atom is -0.463 e. The molecular formula is C42H80O2. The summed E-state index contributed by atoms with van der Waals surface area (Å²) in [6, 6.07) is 0. The molecule has 0 rings (SSSR count). The number of unbranched alkanes of at least 4 members (excludes halogenated alkanes) is 31. The minimum atomic E-state index is -0.153. The Morgan fingerprint density at radius 2 is 0.636 bits per heavy atom. The number of ether oxygens (including phenoxy) is 1. The van der Waals surface area contributed by atoms with Crippen LogP contribution in [0.3, 0.4) is 0 Å². The van der Waals surface area contributed by atoms with Crippen LogP contribution in [0, 0.1) is 0 Å². The molecule has 0 aromatic carbocycles. The molecular weight excluding hydrogens is 536 g/mol. The van der Waals surface area contributed by atoms with Crippen LogP contribution in [0.1, 0.15) is 232 Å². The average molecular weight is 617 g/mol. The van der Waals surface area contributed by atoms with E-state index in [1.165, 1.54) is 205 Å². The standard InChI is InChI=1S/C42H80O2/c1-3-5-7-9-11-13-15-17-19-21-22-23-25-27-29-31-33-35-37-39-41-44-42(43)40-38-36-34-32-30-28-26-24-20-18-16-14-12-10-8-6-4-2/h17,19,38,40H,3-16,18,20-37,39,41H2,1-2H3/b19-17-,40-38?. The van der Waals surface area contributed by atoms with Gasteiger partial charge in [-0.15, -0.1) is 0 Å². The highest BCUT2D eigenvalue weighted by molar-refractivity contribution is 5.81. The van der Waals surface area contributed by atoms with E-state index in [9.17, 15) is 4.79 Å². The summed E-state index contributed by atoms with van der Waals surface area (Å²) in [7, 11) is 0. The predicted octanol–water partition coefficient (Wildman–Crippen LogP) is 14.9. The summed E-state index contributed by atoms with van der Waals surface area (Å²) in [5.41, 5.74) is 0. The first-order valence-electron chi connectivity index (χ1n) is 20.3. The Hall–Kier alpha value is -1.05. The van der Waals surface area contributed by atoms with Crippen LogP contribution < -0.4 is 0 Å². The second-order valence-electron chi connectivity index (χ2n) is 13.7. The first kappa shape index (κ1) is 43.0. The lowest BCUT2D eigenvalue weighted by molar-refractivity contribution is -0.137. The van der Waals surface area contributed by atoms with Gasteiger partial charge in [0.1, 0.15) is 0 Å². The Morgan fingerprint density at radius 3 is 0.977 bits per heavy atom. The van der Waals surface area contributed by atoms with E-state index in [2.05, 4.69) is 26.0 Å². The van der Waals surface area contributed by atoms with Crippen molar-refractivity contribution in [3.8, 4) is 0 Å². The van der Waals surface area contributed by atoms with E-state index in [0.717, 1.165) is 12.8 Å². The molecule has 0 heterocycles. The highest BCUT2D eigenvalue weighted by Gasteiger charge is 1.98. The molecule has 0 aliphatic carbocycles. The van der Waals surface area contributed by atoms with Crippen LogP contribution >= 0.6 is 0 Å². The molecule has 0 saturated heterocycles. The van der Waals surface area contributed by atoms with E-state index in [-0.39, 0.29) is 5.97 Å². The Bertz CT molecular complexity index is 593. The summed E-state index contributed by atoms with van der Waals surface area (Å²) in [4.78, 5) is 11.9. The zero-order chi connectivity index (χ0) is 31.9. The predicted molar refractivity (Wildman–Crippen MR) is 198 cm³/mol. The van der Waals surface area contributed by atoms with Crippen molar-refractivity contribution in [2.75, 3.05) is 6.61 Å². The van der Waals surface area contributed by atoms with E-state index in [4.69, 9.17) is 4.74 Å². The Morgan fingerprint density at radius 1 is 0.364 bits per heavy atom. The van der Waals surface area contributed by atoms with Gasteiger partial charge in [-0.1, -0.05) is 205 Å². The maximum absolute atomic E-state index is 11.9. The van der Waals surface area contributed by atoms with Gasteiger partial charge in [-0.05, 0) is 44.9 Å². The smallest absolute Gasteiger partial charge is 0.330 e. The molecule has 0 atom stereocenters. The van der Waals surface area contributed by atoms with E-state index < -0.39 is 0 Å². The molecule has 0 amide bonds. The molecule has 0 saturated carbocycles. The lowest BCUT2D eigenvalue weighted by Crippen LogP contribution is -2.02. The van der Waals surface area contributed by atoms with E-state index in [1.807, 2.05) is 6.08 Å². The highest BCUT2D eigenvalue weighted by Crippen LogP contribution is 2.15. The lowest BCUT2D eigenvalue weighted by atomic mass is 10.0. The third-order valence-corrected chi connectivity index (χ3v) is 9.13. The van der Waals surface area contributed by atoms with Crippen molar-refractivity contribution in [2.24, 2.45) is 0 Å². The van der Waals surface area contributed by atoms with Crippen molar-refractivity contribution in [3.05, 3.63) is 24.3 Å². The van der Waals surface area contributed by atoms with Crippen molar-refractivity contribution < 1.29 is 9.53 Å². The molecule has 0 aliphatic rings. The van der Waals surface area contributed by atoms with Crippen molar-refractivity contribution in [1.29, 1.82) is 0 Å². The van der Waals surface area contributed by atoms with Crippen LogP contribution in [0.2, 0.25) is 0 Å². The molecule has 2 heteroatoms. The molecule has 0 spiro atoms. The molecule has 2 nitrogen and oxygen atoms in total. The summed E-state index contributed by atoms with van der Waals surface area (Å²) in [6.45, 7) is 5.16. The van der Waals surface area contributed by atoms with Gasteiger partial charge in [0.05, 0.1) is 6.61 Å². The fourth-order valence-corrected chi connectivity index (χ4v) is 6.09. The van der Waals surface area contributed by atoms with Crippen LogP contribution in [0.25, 0.3) is 0 Å². The molecule has 0 aromatic heterocycles. The van der Waals surface area contributed by atoms with Crippen molar-refractivity contribution in [1.82, 2.24) is 0 Å². The molecule has 0 aliphatic heterocycles. The SMILES string of the molecule is CCCCCCCC/C=C\CCCCCCCCCCCCOC(=O)C=CCCCCCCCCCCCCCCCCC. The number of carbonyl (C=O) groups is 1. The maximum Gasteiger partial charge on any atom is 0.330 e. The van der Waals surface area contributed by atoms with E-state index >= 15 is 0 Å². The van der Waals surface area contributed by atoms with Gasteiger partial charge in [-0.25, -0.2) is 4.79 Å². The van der Waals surface area contributed by atoms with Gasteiger partial charge >= 0.3 is 5.97 Å². The number of hydrogen-bond acceptors (Lipinski definition) is 2. The molecule has 0 unspecified atom stereocenters. The highest BCUT2D eigenvalue weighted by atomic mass is 16.5. The van der Waals surface area contributed by atoms with E-state index in [1.54, 1.807) is 6.08 Å². The van der Waals surface area contributed by atoms with Crippen molar-refractivity contribution in [2.45, 2.75) is 232 Å². The topological polar surface area (TPSA) is 26.3 Å². The molecule has 0 fully saturated rings. The van der Waals surface area contributed by atoms with Gasteiger partial charge < -0.3 is 4.74 Å². The number of esters is 1. The Labute approximate surface area is 278 Å². The molecule has 0 bridgehead atoms. The number of hydrogen-bond donors (Lipinski definition) is 0. The van der Waals surface area contributed by atoms with E-state index in [0.29, 0.717) is 6.61 Å². The first-order chi connectivity index (χ1) is 21.8. The fourth-order valence-electron chi connectivity index (χ4n) is 6.09. The molecule has 0 radical (unpaired) electrons. The zero-order valence-electron chi connectivity index (χ0n) is 30.4. The van der Waals surface area contributed by atoms with Crippen LogP contribution in [-0.4, -0.2) is 12.6 Å². The second-order valence-corrected chi connectivity index (χ2v) is 13.7. The normalized spacial score (nSPS) is 11.8. The Kier molecular flexibility index (Phi) is 39.0. The van der Waals surface area contributed by atoms with Crippen LogP contribution in [0.5, 0.6) is 0 Å². The first-order valence-corrected chi connectivity index (χ1v) is 20.3. The van der Waals surface area contributed by atoms with Gasteiger partial charge in [-0.2, -0.15) is 0 Å². The Balaban J connectivity index is 3.23.